The smallest absolute Gasteiger partial charge is 0.243 e. The van der Waals surface area contributed by atoms with Crippen molar-refractivity contribution >= 4 is 32.3 Å². The molecule has 1 fully saturated rings. The summed E-state index contributed by atoms with van der Waals surface area (Å²) in [6, 6.07) is 7.55. The van der Waals surface area contributed by atoms with Crippen molar-refractivity contribution in [2.75, 3.05) is 11.9 Å². The van der Waals surface area contributed by atoms with Crippen molar-refractivity contribution in [3.05, 3.63) is 41.5 Å². The van der Waals surface area contributed by atoms with Gasteiger partial charge in [0, 0.05) is 6.54 Å². The number of aryl methyl sites for hydroxylation is 1. The Kier molecular flexibility index (Phi) is 4.47. The molecule has 1 amide bonds. The maximum Gasteiger partial charge on any atom is 0.243 e. The van der Waals surface area contributed by atoms with E-state index >= 15 is 0 Å². The van der Waals surface area contributed by atoms with Gasteiger partial charge >= 0.3 is 0 Å². The van der Waals surface area contributed by atoms with E-state index in [4.69, 9.17) is 0 Å². The van der Waals surface area contributed by atoms with Crippen LogP contribution in [0.5, 0.6) is 0 Å². The first-order valence-electron chi connectivity index (χ1n) is 7.28. The van der Waals surface area contributed by atoms with Gasteiger partial charge in [-0.25, -0.2) is 13.4 Å². The largest absolute Gasteiger partial charge is 0.315 e. The van der Waals surface area contributed by atoms with E-state index in [-0.39, 0.29) is 10.8 Å². The highest BCUT2D eigenvalue weighted by atomic mass is 32.2. The van der Waals surface area contributed by atoms with Crippen LogP contribution in [0.4, 0.5) is 5.00 Å². The number of amides is 1. The fraction of sp³-hybridized carbons (Fsp3) is 0.333. The summed E-state index contributed by atoms with van der Waals surface area (Å²) in [5.41, 5.74) is 2.39. The summed E-state index contributed by atoms with van der Waals surface area (Å²) in [6.07, 6.45) is 1.20. The predicted octanol–water partition coefficient (Wildman–Crippen LogP) is 2.24. The van der Waals surface area contributed by atoms with Crippen molar-refractivity contribution in [3.63, 3.8) is 0 Å². The van der Waals surface area contributed by atoms with E-state index in [1.807, 2.05) is 0 Å². The molecule has 0 aliphatic carbocycles. The van der Waals surface area contributed by atoms with E-state index in [1.54, 1.807) is 42.8 Å². The number of sulfonamides is 1. The fourth-order valence-electron chi connectivity index (χ4n) is 2.63. The van der Waals surface area contributed by atoms with Gasteiger partial charge in [-0.1, -0.05) is 18.2 Å². The highest BCUT2D eigenvalue weighted by Gasteiger charge is 2.39. The molecule has 0 bridgehead atoms. The molecule has 122 valence electrons. The molecule has 1 N–H and O–H groups in total. The first kappa shape index (κ1) is 16.1. The second kappa shape index (κ2) is 6.38. The lowest BCUT2D eigenvalue weighted by molar-refractivity contribution is -0.119. The number of anilines is 1. The maximum absolute atomic E-state index is 12.8. The minimum Gasteiger partial charge on any atom is -0.315 e. The Morgan fingerprint density at radius 1 is 1.35 bits per heavy atom. The van der Waals surface area contributed by atoms with E-state index in [9.17, 15) is 13.2 Å². The number of aromatic nitrogens is 1. The highest BCUT2D eigenvalue weighted by molar-refractivity contribution is 7.89. The number of carbonyl (C=O) groups excluding carboxylic acids is 1. The van der Waals surface area contributed by atoms with Crippen molar-refractivity contribution in [1.29, 1.82) is 0 Å². The van der Waals surface area contributed by atoms with Gasteiger partial charge < -0.3 is 5.32 Å². The molecular formula is C15H17N3O3S2. The van der Waals surface area contributed by atoms with Gasteiger partial charge in [-0.3, -0.25) is 4.79 Å². The van der Waals surface area contributed by atoms with E-state index in [2.05, 4.69) is 10.3 Å². The molecule has 0 radical (unpaired) electrons. The standard InChI is InChI=1S/C15H17N3O3S2/c1-11-15(22-10-16-11)17-14(19)13-8-5-9-18(13)23(20,21)12-6-3-2-4-7-12/h2-4,6-7,10,13H,5,8-9H2,1H3,(H,17,19). The average molecular weight is 351 g/mol. The molecule has 8 heteroatoms. The fourth-order valence-corrected chi connectivity index (χ4v) is 5.01. The molecule has 1 saturated heterocycles. The van der Waals surface area contributed by atoms with E-state index < -0.39 is 16.1 Å². The Morgan fingerprint density at radius 3 is 2.74 bits per heavy atom. The monoisotopic (exact) mass is 351 g/mol. The topological polar surface area (TPSA) is 79.4 Å². The molecule has 6 nitrogen and oxygen atoms in total. The minimum absolute atomic E-state index is 0.216. The molecule has 1 aliphatic rings. The third-order valence-corrected chi connectivity index (χ3v) is 6.60. The average Bonchev–Trinajstić information content (AvgIpc) is 3.18. The Balaban J connectivity index is 1.83. The molecule has 1 aromatic heterocycles. The van der Waals surface area contributed by atoms with Crippen LogP contribution < -0.4 is 5.32 Å². The van der Waals surface area contributed by atoms with Crippen LogP contribution in [0.15, 0.2) is 40.7 Å². The molecule has 23 heavy (non-hydrogen) atoms. The Morgan fingerprint density at radius 2 is 2.09 bits per heavy atom. The van der Waals surface area contributed by atoms with Crippen LogP contribution in [0.1, 0.15) is 18.5 Å². The molecule has 2 aromatic rings. The zero-order valence-electron chi connectivity index (χ0n) is 12.6. The van der Waals surface area contributed by atoms with Gasteiger partial charge in [0.05, 0.1) is 16.1 Å². The molecule has 0 spiro atoms. The van der Waals surface area contributed by atoms with Gasteiger partial charge in [0.15, 0.2) is 0 Å². The lowest BCUT2D eigenvalue weighted by Crippen LogP contribution is -2.43. The highest BCUT2D eigenvalue weighted by Crippen LogP contribution is 2.28. The lowest BCUT2D eigenvalue weighted by Gasteiger charge is -2.23. The number of rotatable bonds is 4. The van der Waals surface area contributed by atoms with Gasteiger partial charge in [0.2, 0.25) is 15.9 Å². The number of hydrogen-bond donors (Lipinski definition) is 1. The van der Waals surface area contributed by atoms with Crippen molar-refractivity contribution in [2.24, 2.45) is 0 Å². The summed E-state index contributed by atoms with van der Waals surface area (Å²) < 4.78 is 26.8. The zero-order valence-corrected chi connectivity index (χ0v) is 14.2. The molecule has 3 rings (SSSR count). The first-order chi connectivity index (χ1) is 11.0. The van der Waals surface area contributed by atoms with Crippen LogP contribution in [0.25, 0.3) is 0 Å². The summed E-state index contributed by atoms with van der Waals surface area (Å²) in [7, 11) is -3.66. The molecule has 2 heterocycles. The Hall–Kier alpha value is -1.77. The molecule has 1 unspecified atom stereocenters. The second-order valence-electron chi connectivity index (χ2n) is 5.34. The van der Waals surface area contributed by atoms with Crippen LogP contribution in [0.2, 0.25) is 0 Å². The third-order valence-electron chi connectivity index (χ3n) is 3.84. The van der Waals surface area contributed by atoms with Crippen molar-refractivity contribution in [2.45, 2.75) is 30.7 Å². The van der Waals surface area contributed by atoms with Gasteiger partial charge in [-0.05, 0) is 31.9 Å². The number of thiazole rings is 1. The quantitative estimate of drug-likeness (QED) is 0.916. The van der Waals surface area contributed by atoms with Gasteiger partial charge in [-0.15, -0.1) is 11.3 Å². The van der Waals surface area contributed by atoms with E-state index in [0.29, 0.717) is 24.4 Å². The van der Waals surface area contributed by atoms with Gasteiger partial charge in [-0.2, -0.15) is 4.31 Å². The van der Waals surface area contributed by atoms with Crippen LogP contribution in [0.3, 0.4) is 0 Å². The summed E-state index contributed by atoms with van der Waals surface area (Å²) in [4.78, 5) is 16.8. The molecule has 1 atom stereocenters. The minimum atomic E-state index is -3.66. The van der Waals surface area contributed by atoms with Crippen molar-refractivity contribution < 1.29 is 13.2 Å². The summed E-state index contributed by atoms with van der Waals surface area (Å²) in [5.74, 6) is -0.297. The molecule has 0 saturated carbocycles. The zero-order chi connectivity index (χ0) is 16.4. The van der Waals surface area contributed by atoms with Gasteiger partial charge in [0.1, 0.15) is 11.0 Å². The maximum atomic E-state index is 12.8. The number of nitrogens with one attached hydrogen (secondary N) is 1. The van der Waals surface area contributed by atoms with Crippen LogP contribution in [0, 0.1) is 6.92 Å². The third kappa shape index (κ3) is 3.15. The summed E-state index contributed by atoms with van der Waals surface area (Å²) in [5, 5.41) is 3.46. The van der Waals surface area contributed by atoms with Crippen molar-refractivity contribution in [1.82, 2.24) is 9.29 Å². The normalized spacial score (nSPS) is 18.9. The first-order valence-corrected chi connectivity index (χ1v) is 9.60. The van der Waals surface area contributed by atoms with Crippen LogP contribution in [-0.2, 0) is 14.8 Å². The number of benzene rings is 1. The van der Waals surface area contributed by atoms with E-state index in [1.165, 1.54) is 15.6 Å². The Labute approximate surface area is 139 Å². The van der Waals surface area contributed by atoms with Crippen molar-refractivity contribution in [3.8, 4) is 0 Å². The number of carbonyl (C=O) groups is 1. The molecular weight excluding hydrogens is 334 g/mol. The second-order valence-corrected chi connectivity index (χ2v) is 8.09. The van der Waals surface area contributed by atoms with E-state index in [0.717, 1.165) is 5.69 Å². The van der Waals surface area contributed by atoms with Crippen LogP contribution >= 0.6 is 11.3 Å². The lowest BCUT2D eigenvalue weighted by atomic mass is 10.2. The molecule has 1 aliphatic heterocycles. The van der Waals surface area contributed by atoms with Gasteiger partial charge in [0.25, 0.3) is 0 Å². The van der Waals surface area contributed by atoms with Crippen LogP contribution in [-0.4, -0.2) is 36.2 Å². The number of hydrogen-bond acceptors (Lipinski definition) is 5. The Bertz CT molecular complexity index is 802. The summed E-state index contributed by atoms with van der Waals surface area (Å²) >= 11 is 1.33. The SMILES string of the molecule is Cc1ncsc1NC(=O)C1CCCN1S(=O)(=O)c1ccccc1. The summed E-state index contributed by atoms with van der Waals surface area (Å²) in [6.45, 7) is 2.16. The predicted molar refractivity (Wildman–Crippen MR) is 88.8 cm³/mol. The number of nitrogens with zero attached hydrogens (tertiary/aromatic N) is 2. The molecule has 1 aromatic carbocycles.